The van der Waals surface area contributed by atoms with Crippen molar-refractivity contribution < 1.29 is 17.5 Å². The van der Waals surface area contributed by atoms with Crippen molar-refractivity contribution in [2.24, 2.45) is 0 Å². The molecule has 0 aromatic heterocycles. The van der Waals surface area contributed by atoms with Gasteiger partial charge in [-0.05, 0) is 49.6 Å². The maximum Gasteiger partial charge on any atom is 0.243 e. The van der Waals surface area contributed by atoms with E-state index in [1.54, 1.807) is 12.1 Å². The molecular weight excluding hydrogens is 341 g/mol. The van der Waals surface area contributed by atoms with E-state index in [4.69, 9.17) is 4.74 Å². The lowest BCUT2D eigenvalue weighted by Gasteiger charge is -2.38. The van der Waals surface area contributed by atoms with Crippen LogP contribution in [0.3, 0.4) is 0 Å². The molecule has 0 aliphatic carbocycles. The largest absolute Gasteiger partial charge is 0.371 e. The molecule has 2 aromatic carbocycles. The predicted molar refractivity (Wildman–Crippen MR) is 94.4 cm³/mol. The normalized spacial score (nSPS) is 16.0. The van der Waals surface area contributed by atoms with Gasteiger partial charge in [-0.1, -0.05) is 29.8 Å². The third kappa shape index (κ3) is 3.76. The number of nitrogens with zero attached hydrogens (tertiary/aromatic N) is 1. The summed E-state index contributed by atoms with van der Waals surface area (Å²) in [4.78, 5) is 0.398. The molecule has 2 aromatic rings. The number of rotatable bonds is 5. The van der Waals surface area contributed by atoms with Crippen LogP contribution in [-0.4, -0.2) is 31.9 Å². The molecule has 25 heavy (non-hydrogen) atoms. The Balaban J connectivity index is 1.63. The maximum absolute atomic E-state index is 12.9. The van der Waals surface area contributed by atoms with Gasteiger partial charge in [-0.2, -0.15) is 4.31 Å². The molecule has 0 N–H and O–H groups in total. The summed E-state index contributed by atoms with van der Waals surface area (Å²) in [6.45, 7) is 6.65. The van der Waals surface area contributed by atoms with Crippen molar-refractivity contribution >= 4 is 10.0 Å². The topological polar surface area (TPSA) is 46.6 Å². The van der Waals surface area contributed by atoms with Crippen LogP contribution >= 0.6 is 0 Å². The third-order valence-electron chi connectivity index (χ3n) is 4.42. The van der Waals surface area contributed by atoms with Gasteiger partial charge in [-0.3, -0.25) is 0 Å². The highest BCUT2D eigenvalue weighted by Gasteiger charge is 2.38. The second-order valence-corrected chi connectivity index (χ2v) is 8.48. The standard InChI is InChI=1S/C19H22FNO3S/c1-13-8-14(2)19(15(3)9-13)25(22,23)21-10-18(11-21)24-12-16-4-6-17(20)7-5-16/h4-9,18H,10-12H2,1-3H3. The monoisotopic (exact) mass is 363 g/mol. The van der Waals surface area contributed by atoms with E-state index in [-0.39, 0.29) is 11.9 Å². The summed E-state index contributed by atoms with van der Waals surface area (Å²) in [5, 5.41) is 0. The molecule has 3 rings (SSSR count). The number of hydrogen-bond donors (Lipinski definition) is 0. The van der Waals surface area contributed by atoms with Crippen molar-refractivity contribution in [1.29, 1.82) is 0 Å². The molecule has 6 heteroatoms. The predicted octanol–water partition coefficient (Wildman–Crippen LogP) is 3.34. The zero-order chi connectivity index (χ0) is 18.2. The Kier molecular flexibility index (Phi) is 4.95. The first kappa shape index (κ1) is 18.0. The Labute approximate surface area is 148 Å². The van der Waals surface area contributed by atoms with Crippen LogP contribution in [0.15, 0.2) is 41.3 Å². The van der Waals surface area contributed by atoms with Crippen LogP contribution in [0, 0.1) is 26.6 Å². The molecule has 4 nitrogen and oxygen atoms in total. The van der Waals surface area contributed by atoms with E-state index in [2.05, 4.69) is 0 Å². The van der Waals surface area contributed by atoms with Gasteiger partial charge in [0.1, 0.15) is 5.82 Å². The van der Waals surface area contributed by atoms with Crippen molar-refractivity contribution in [3.8, 4) is 0 Å². The number of aryl methyl sites for hydroxylation is 3. The summed E-state index contributed by atoms with van der Waals surface area (Å²) in [6, 6.07) is 9.89. The van der Waals surface area contributed by atoms with Crippen molar-refractivity contribution in [3.63, 3.8) is 0 Å². The SMILES string of the molecule is Cc1cc(C)c(S(=O)(=O)N2CC(OCc3ccc(F)cc3)C2)c(C)c1. The van der Waals surface area contributed by atoms with Crippen molar-refractivity contribution in [1.82, 2.24) is 4.31 Å². The minimum Gasteiger partial charge on any atom is -0.371 e. The average molecular weight is 363 g/mol. The molecule has 1 heterocycles. The molecule has 1 aliphatic rings. The highest BCUT2D eigenvalue weighted by Crippen LogP contribution is 2.29. The van der Waals surface area contributed by atoms with Crippen LogP contribution in [0.1, 0.15) is 22.3 Å². The van der Waals surface area contributed by atoms with Gasteiger partial charge in [0.25, 0.3) is 0 Å². The number of hydrogen-bond acceptors (Lipinski definition) is 3. The van der Waals surface area contributed by atoms with Gasteiger partial charge in [0.2, 0.25) is 10.0 Å². The lowest BCUT2D eigenvalue weighted by molar-refractivity contribution is -0.0296. The summed E-state index contributed by atoms with van der Waals surface area (Å²) < 4.78 is 45.8. The van der Waals surface area contributed by atoms with Crippen LogP contribution in [0.2, 0.25) is 0 Å². The second kappa shape index (κ2) is 6.86. The first-order chi connectivity index (χ1) is 11.8. The van der Waals surface area contributed by atoms with E-state index < -0.39 is 10.0 Å². The van der Waals surface area contributed by atoms with E-state index in [9.17, 15) is 12.8 Å². The van der Waals surface area contributed by atoms with E-state index in [1.807, 2.05) is 32.9 Å². The minimum absolute atomic E-state index is 0.133. The van der Waals surface area contributed by atoms with E-state index in [0.29, 0.717) is 24.6 Å². The van der Waals surface area contributed by atoms with Crippen LogP contribution in [0.4, 0.5) is 4.39 Å². The minimum atomic E-state index is -3.50. The fourth-order valence-electron chi connectivity index (χ4n) is 3.20. The summed E-state index contributed by atoms with van der Waals surface area (Å²) in [5.41, 5.74) is 3.47. The van der Waals surface area contributed by atoms with Crippen molar-refractivity contribution in [3.05, 3.63) is 64.5 Å². The first-order valence-electron chi connectivity index (χ1n) is 8.21. The van der Waals surface area contributed by atoms with Gasteiger partial charge in [0.05, 0.1) is 17.6 Å². The molecule has 0 atom stereocenters. The van der Waals surface area contributed by atoms with Crippen molar-refractivity contribution in [2.45, 2.75) is 38.4 Å². The molecule has 0 radical (unpaired) electrons. The third-order valence-corrected chi connectivity index (χ3v) is 6.55. The second-order valence-electron chi connectivity index (χ2n) is 6.61. The van der Waals surface area contributed by atoms with Gasteiger partial charge < -0.3 is 4.74 Å². The Morgan fingerprint density at radius 2 is 1.64 bits per heavy atom. The molecule has 0 spiro atoms. The summed E-state index contributed by atoms with van der Waals surface area (Å²) >= 11 is 0. The van der Waals surface area contributed by atoms with Crippen LogP contribution < -0.4 is 0 Å². The van der Waals surface area contributed by atoms with Gasteiger partial charge >= 0.3 is 0 Å². The highest BCUT2D eigenvalue weighted by molar-refractivity contribution is 7.89. The summed E-state index contributed by atoms with van der Waals surface area (Å²) in [6.07, 6.45) is -0.133. The number of sulfonamides is 1. The molecule has 134 valence electrons. The van der Waals surface area contributed by atoms with Gasteiger partial charge in [-0.15, -0.1) is 0 Å². The van der Waals surface area contributed by atoms with Crippen LogP contribution in [0.5, 0.6) is 0 Å². The van der Waals surface area contributed by atoms with E-state index >= 15 is 0 Å². The Morgan fingerprint density at radius 3 is 2.20 bits per heavy atom. The maximum atomic E-state index is 12.9. The van der Waals surface area contributed by atoms with Crippen LogP contribution in [0.25, 0.3) is 0 Å². The molecule has 0 unspecified atom stereocenters. The Morgan fingerprint density at radius 1 is 1.08 bits per heavy atom. The zero-order valence-corrected chi connectivity index (χ0v) is 15.4. The molecule has 1 aliphatic heterocycles. The van der Waals surface area contributed by atoms with Crippen molar-refractivity contribution in [2.75, 3.05) is 13.1 Å². The molecule has 0 saturated carbocycles. The highest BCUT2D eigenvalue weighted by atomic mass is 32.2. The smallest absolute Gasteiger partial charge is 0.243 e. The lowest BCUT2D eigenvalue weighted by atomic mass is 10.1. The van der Waals surface area contributed by atoms with E-state index in [1.165, 1.54) is 16.4 Å². The molecule has 1 saturated heterocycles. The summed E-state index contributed by atoms with van der Waals surface area (Å²) in [5.74, 6) is -0.284. The van der Waals surface area contributed by atoms with Gasteiger partial charge in [0.15, 0.2) is 0 Å². The van der Waals surface area contributed by atoms with Gasteiger partial charge in [0, 0.05) is 13.1 Å². The zero-order valence-electron chi connectivity index (χ0n) is 14.6. The average Bonchev–Trinajstić information content (AvgIpc) is 2.45. The number of halogens is 1. The Hall–Kier alpha value is -1.76. The fraction of sp³-hybridized carbons (Fsp3) is 0.368. The Bertz CT molecular complexity index is 849. The van der Waals surface area contributed by atoms with Crippen LogP contribution in [-0.2, 0) is 21.4 Å². The first-order valence-corrected chi connectivity index (χ1v) is 9.65. The molecular formula is C19H22FNO3S. The van der Waals surface area contributed by atoms with Gasteiger partial charge in [-0.25, -0.2) is 12.8 Å². The summed E-state index contributed by atoms with van der Waals surface area (Å²) in [7, 11) is -3.50. The molecule has 0 bridgehead atoms. The molecule has 1 fully saturated rings. The number of benzene rings is 2. The number of ether oxygens (including phenoxy) is 1. The lowest BCUT2D eigenvalue weighted by Crippen LogP contribution is -2.54. The quantitative estimate of drug-likeness (QED) is 0.819. The molecule has 0 amide bonds. The fourth-order valence-corrected chi connectivity index (χ4v) is 5.11. The van der Waals surface area contributed by atoms with E-state index in [0.717, 1.165) is 22.3 Å².